The monoisotopic (exact) mass is 348 g/mol. The summed E-state index contributed by atoms with van der Waals surface area (Å²) in [7, 11) is 1.89. The largest absolute Gasteiger partial charge is 0.339 e. The highest BCUT2D eigenvalue weighted by Crippen LogP contribution is 2.29. The molecule has 24 heavy (non-hydrogen) atoms. The minimum atomic E-state index is -0.560. The van der Waals surface area contributed by atoms with Crippen LogP contribution in [0.2, 0.25) is 5.02 Å². The van der Waals surface area contributed by atoms with Crippen molar-refractivity contribution >= 4 is 23.2 Å². The molecule has 0 radical (unpaired) electrons. The molecule has 0 saturated carbocycles. The van der Waals surface area contributed by atoms with E-state index in [9.17, 15) is 14.9 Å². The third-order valence-electron chi connectivity index (χ3n) is 4.37. The molecule has 1 fully saturated rings. The van der Waals surface area contributed by atoms with Crippen molar-refractivity contribution in [1.29, 1.82) is 0 Å². The van der Waals surface area contributed by atoms with Crippen LogP contribution in [0.4, 0.5) is 5.69 Å². The molecule has 8 heteroatoms. The first-order valence-electron chi connectivity index (χ1n) is 7.67. The molecule has 1 saturated heterocycles. The first-order valence-corrected chi connectivity index (χ1v) is 8.05. The van der Waals surface area contributed by atoms with E-state index in [1.165, 1.54) is 23.8 Å². The number of hydrogen-bond donors (Lipinski definition) is 0. The smallest absolute Gasteiger partial charge is 0.287 e. The minimum absolute atomic E-state index is 0.0175. The SMILES string of the molecule is Cn1cc(C2CCN(C(=O)c3ccc([N+](=O)[O-])c(Cl)c3)CC2)cn1. The molecule has 0 unspecified atom stereocenters. The predicted octanol–water partition coefficient (Wildman–Crippen LogP) is 3.00. The van der Waals surface area contributed by atoms with Crippen LogP contribution >= 0.6 is 11.6 Å². The van der Waals surface area contributed by atoms with Gasteiger partial charge in [-0.2, -0.15) is 5.10 Å². The predicted molar refractivity (Wildman–Crippen MR) is 89.2 cm³/mol. The lowest BCUT2D eigenvalue weighted by molar-refractivity contribution is -0.384. The van der Waals surface area contributed by atoms with Gasteiger partial charge in [0.1, 0.15) is 5.02 Å². The fourth-order valence-corrected chi connectivity index (χ4v) is 3.29. The number of benzene rings is 1. The van der Waals surface area contributed by atoms with E-state index in [2.05, 4.69) is 5.10 Å². The van der Waals surface area contributed by atoms with Crippen LogP contribution in [0.15, 0.2) is 30.6 Å². The molecule has 2 heterocycles. The quantitative estimate of drug-likeness (QED) is 0.630. The molecule has 1 aliphatic heterocycles. The summed E-state index contributed by atoms with van der Waals surface area (Å²) in [6, 6.07) is 4.10. The number of rotatable bonds is 3. The molecule has 2 aromatic rings. The Labute approximate surface area is 144 Å². The topological polar surface area (TPSA) is 81.3 Å². The van der Waals surface area contributed by atoms with Crippen LogP contribution in [-0.4, -0.2) is 38.6 Å². The van der Waals surface area contributed by atoms with Gasteiger partial charge in [0.25, 0.3) is 11.6 Å². The maximum atomic E-state index is 12.6. The lowest BCUT2D eigenvalue weighted by Crippen LogP contribution is -2.37. The second kappa shape index (κ2) is 6.60. The number of aryl methyl sites for hydroxylation is 1. The number of likely N-dealkylation sites (tertiary alicyclic amines) is 1. The Balaban J connectivity index is 1.67. The number of piperidine rings is 1. The van der Waals surface area contributed by atoms with Gasteiger partial charge in [0.05, 0.1) is 11.1 Å². The molecule has 1 aromatic heterocycles. The van der Waals surface area contributed by atoms with E-state index >= 15 is 0 Å². The van der Waals surface area contributed by atoms with Crippen LogP contribution in [0.25, 0.3) is 0 Å². The van der Waals surface area contributed by atoms with Crippen LogP contribution < -0.4 is 0 Å². The van der Waals surface area contributed by atoms with Gasteiger partial charge in [0.15, 0.2) is 0 Å². The normalized spacial score (nSPS) is 15.5. The van der Waals surface area contributed by atoms with E-state index in [0.717, 1.165) is 12.8 Å². The van der Waals surface area contributed by atoms with Gasteiger partial charge in [-0.1, -0.05) is 11.6 Å². The number of nitro benzene ring substituents is 1. The Morgan fingerprint density at radius 2 is 2.08 bits per heavy atom. The first kappa shape index (κ1) is 16.4. The highest BCUT2D eigenvalue weighted by molar-refractivity contribution is 6.33. The zero-order valence-electron chi connectivity index (χ0n) is 13.2. The van der Waals surface area contributed by atoms with Crippen LogP contribution in [0.1, 0.15) is 34.7 Å². The lowest BCUT2D eigenvalue weighted by Gasteiger charge is -2.31. The average Bonchev–Trinajstić information content (AvgIpc) is 3.00. The van der Waals surface area contributed by atoms with E-state index < -0.39 is 4.92 Å². The zero-order chi connectivity index (χ0) is 17.3. The summed E-state index contributed by atoms with van der Waals surface area (Å²) < 4.78 is 1.78. The Bertz CT molecular complexity index is 781. The molecule has 0 spiro atoms. The second-order valence-corrected chi connectivity index (χ2v) is 6.34. The van der Waals surface area contributed by atoms with Crippen molar-refractivity contribution in [3.8, 4) is 0 Å². The van der Waals surface area contributed by atoms with Crippen LogP contribution in [0.3, 0.4) is 0 Å². The van der Waals surface area contributed by atoms with Gasteiger partial charge in [-0.3, -0.25) is 19.6 Å². The minimum Gasteiger partial charge on any atom is -0.339 e. The van der Waals surface area contributed by atoms with Gasteiger partial charge in [-0.25, -0.2) is 0 Å². The molecule has 126 valence electrons. The molecule has 3 rings (SSSR count). The highest BCUT2D eigenvalue weighted by Gasteiger charge is 2.26. The molecule has 0 N–H and O–H groups in total. The molecule has 1 aliphatic rings. The van der Waals surface area contributed by atoms with E-state index in [1.54, 1.807) is 9.58 Å². The lowest BCUT2D eigenvalue weighted by atomic mass is 9.91. The van der Waals surface area contributed by atoms with Gasteiger partial charge in [0.2, 0.25) is 0 Å². The van der Waals surface area contributed by atoms with Crippen molar-refractivity contribution in [3.05, 3.63) is 56.9 Å². The van der Waals surface area contributed by atoms with Crippen molar-refractivity contribution < 1.29 is 9.72 Å². The number of hydrogen-bond acceptors (Lipinski definition) is 4. The molecule has 7 nitrogen and oxygen atoms in total. The van der Waals surface area contributed by atoms with Gasteiger partial charge >= 0.3 is 0 Å². The number of carbonyl (C=O) groups is 1. The Kier molecular flexibility index (Phi) is 4.53. The third-order valence-corrected chi connectivity index (χ3v) is 4.67. The number of nitro groups is 1. The van der Waals surface area contributed by atoms with Crippen molar-refractivity contribution in [1.82, 2.24) is 14.7 Å². The van der Waals surface area contributed by atoms with E-state index in [-0.39, 0.29) is 16.6 Å². The van der Waals surface area contributed by atoms with Crippen LogP contribution in [0.5, 0.6) is 0 Å². The number of amides is 1. The van der Waals surface area contributed by atoms with E-state index in [0.29, 0.717) is 24.6 Å². The van der Waals surface area contributed by atoms with Crippen LogP contribution in [0, 0.1) is 10.1 Å². The molecule has 1 amide bonds. The zero-order valence-corrected chi connectivity index (χ0v) is 13.9. The summed E-state index contributed by atoms with van der Waals surface area (Å²) in [5.41, 5.74) is 1.39. The van der Waals surface area contributed by atoms with Crippen LogP contribution in [-0.2, 0) is 7.05 Å². The summed E-state index contributed by atoms with van der Waals surface area (Å²) in [5.74, 6) is 0.264. The molecule has 0 aliphatic carbocycles. The highest BCUT2D eigenvalue weighted by atomic mass is 35.5. The maximum Gasteiger partial charge on any atom is 0.287 e. The fraction of sp³-hybridized carbons (Fsp3) is 0.375. The number of halogens is 1. The van der Waals surface area contributed by atoms with Crippen molar-refractivity contribution in [2.45, 2.75) is 18.8 Å². The van der Waals surface area contributed by atoms with Crippen molar-refractivity contribution in [3.63, 3.8) is 0 Å². The molecule has 1 aromatic carbocycles. The first-order chi connectivity index (χ1) is 11.5. The summed E-state index contributed by atoms with van der Waals surface area (Å²) >= 11 is 5.89. The van der Waals surface area contributed by atoms with Crippen molar-refractivity contribution in [2.75, 3.05) is 13.1 Å². The van der Waals surface area contributed by atoms with Gasteiger partial charge in [0, 0.05) is 38.0 Å². The van der Waals surface area contributed by atoms with E-state index in [1.807, 2.05) is 19.4 Å². The second-order valence-electron chi connectivity index (χ2n) is 5.94. The fourth-order valence-electron chi connectivity index (χ4n) is 3.04. The van der Waals surface area contributed by atoms with Gasteiger partial charge in [-0.15, -0.1) is 0 Å². The molecular weight excluding hydrogens is 332 g/mol. The Morgan fingerprint density at radius 1 is 1.38 bits per heavy atom. The Morgan fingerprint density at radius 3 is 2.62 bits per heavy atom. The summed E-state index contributed by atoms with van der Waals surface area (Å²) in [4.78, 5) is 24.6. The molecule has 0 bridgehead atoms. The summed E-state index contributed by atoms with van der Waals surface area (Å²) in [5, 5.41) is 15.0. The number of nitrogens with zero attached hydrogens (tertiary/aromatic N) is 4. The summed E-state index contributed by atoms with van der Waals surface area (Å²) in [6.07, 6.45) is 5.63. The molecular formula is C16H17ClN4O3. The average molecular weight is 349 g/mol. The van der Waals surface area contributed by atoms with Gasteiger partial charge < -0.3 is 4.90 Å². The molecule has 0 atom stereocenters. The maximum absolute atomic E-state index is 12.6. The summed E-state index contributed by atoms with van der Waals surface area (Å²) in [6.45, 7) is 1.29. The van der Waals surface area contributed by atoms with Crippen molar-refractivity contribution in [2.24, 2.45) is 7.05 Å². The van der Waals surface area contributed by atoms with Gasteiger partial charge in [-0.05, 0) is 36.5 Å². The third kappa shape index (κ3) is 3.26. The number of aromatic nitrogens is 2. The van der Waals surface area contributed by atoms with E-state index in [4.69, 9.17) is 11.6 Å². The Hall–Kier alpha value is -2.41. The standard InChI is InChI=1S/C16H17ClN4O3/c1-19-10-13(9-18-19)11-4-6-20(7-5-11)16(22)12-2-3-15(21(23)24)14(17)8-12/h2-3,8-11H,4-7H2,1H3. The number of carbonyl (C=O) groups excluding carboxylic acids is 1.